The first-order valence-corrected chi connectivity index (χ1v) is 5.13. The smallest absolute Gasteiger partial charge is 0.159 e. The number of rotatable bonds is 0. The minimum atomic E-state index is -0.833. The predicted octanol–water partition coefficient (Wildman–Crippen LogP) is 3.81. The molecule has 2 rings (SSSR count). The molecule has 1 aromatic heterocycles. The first kappa shape index (κ1) is 11.0. The van der Waals surface area contributed by atoms with Gasteiger partial charge < -0.3 is 0 Å². The molecule has 1 nitrogen and oxygen atoms in total. The molecule has 0 unspecified atom stereocenters. The monoisotopic (exact) mass is 221 g/mol. The molecule has 2 aromatic rings. The summed E-state index contributed by atoms with van der Waals surface area (Å²) in [6.07, 6.45) is 3.26. The van der Waals surface area contributed by atoms with Gasteiger partial charge in [-0.25, -0.2) is 8.78 Å². The molecular formula is C13H13F2N. The van der Waals surface area contributed by atoms with Gasteiger partial charge in [-0.2, -0.15) is 0 Å². The quantitative estimate of drug-likeness (QED) is 0.659. The van der Waals surface area contributed by atoms with E-state index in [1.165, 1.54) is 12.1 Å². The Kier molecular flexibility index (Phi) is 2.41. The molecule has 0 spiro atoms. The maximum Gasteiger partial charge on any atom is 0.159 e. The minimum Gasteiger partial charge on any atom is -0.264 e. The van der Waals surface area contributed by atoms with Gasteiger partial charge in [-0.15, -0.1) is 0 Å². The van der Waals surface area contributed by atoms with E-state index in [4.69, 9.17) is 0 Å². The van der Waals surface area contributed by atoms with Crippen LogP contribution in [0.3, 0.4) is 0 Å². The van der Waals surface area contributed by atoms with E-state index < -0.39 is 11.6 Å². The number of benzene rings is 1. The summed E-state index contributed by atoms with van der Waals surface area (Å²) in [5, 5.41) is 1.35. The average molecular weight is 221 g/mol. The van der Waals surface area contributed by atoms with Crippen molar-refractivity contribution < 1.29 is 8.78 Å². The van der Waals surface area contributed by atoms with E-state index in [9.17, 15) is 8.78 Å². The molecule has 3 heteroatoms. The van der Waals surface area contributed by atoms with Crippen molar-refractivity contribution in [3.8, 4) is 0 Å². The van der Waals surface area contributed by atoms with Crippen molar-refractivity contribution in [3.05, 3.63) is 41.7 Å². The number of hydrogen-bond donors (Lipinski definition) is 0. The molecule has 0 N–H and O–H groups in total. The van der Waals surface area contributed by atoms with Crippen molar-refractivity contribution in [2.75, 3.05) is 0 Å². The van der Waals surface area contributed by atoms with Crippen molar-refractivity contribution in [1.29, 1.82) is 0 Å². The second-order valence-corrected chi connectivity index (χ2v) is 4.92. The van der Waals surface area contributed by atoms with E-state index in [2.05, 4.69) is 4.98 Å². The normalized spacial score (nSPS) is 12.1. The highest BCUT2D eigenvalue weighted by Gasteiger charge is 2.18. The SMILES string of the molecule is CC(C)(C)c1cncc2cc(F)c(F)cc12. The Balaban J connectivity index is 2.82. The summed E-state index contributed by atoms with van der Waals surface area (Å²) in [4.78, 5) is 4.06. The molecule has 0 aliphatic carbocycles. The van der Waals surface area contributed by atoms with Gasteiger partial charge in [0.1, 0.15) is 0 Å². The van der Waals surface area contributed by atoms with Gasteiger partial charge in [-0.3, -0.25) is 4.98 Å². The van der Waals surface area contributed by atoms with E-state index >= 15 is 0 Å². The maximum absolute atomic E-state index is 13.2. The third-order valence-corrected chi connectivity index (χ3v) is 2.61. The Labute approximate surface area is 93.1 Å². The molecule has 1 aromatic carbocycles. The zero-order chi connectivity index (χ0) is 11.9. The Bertz CT molecular complexity index is 541. The fourth-order valence-electron chi connectivity index (χ4n) is 1.76. The zero-order valence-electron chi connectivity index (χ0n) is 9.51. The van der Waals surface area contributed by atoms with E-state index in [1.54, 1.807) is 12.4 Å². The molecule has 0 saturated carbocycles. The summed E-state index contributed by atoms with van der Waals surface area (Å²) in [6, 6.07) is 2.43. The van der Waals surface area contributed by atoms with Gasteiger partial charge in [0, 0.05) is 17.8 Å². The van der Waals surface area contributed by atoms with Crippen LogP contribution < -0.4 is 0 Å². The molecule has 0 aliphatic heterocycles. The Morgan fingerprint density at radius 3 is 2.25 bits per heavy atom. The van der Waals surface area contributed by atoms with E-state index in [0.29, 0.717) is 5.39 Å². The minimum absolute atomic E-state index is 0.142. The number of aromatic nitrogens is 1. The zero-order valence-corrected chi connectivity index (χ0v) is 9.51. The van der Waals surface area contributed by atoms with Crippen LogP contribution in [0.25, 0.3) is 10.8 Å². The van der Waals surface area contributed by atoms with Crippen molar-refractivity contribution in [1.82, 2.24) is 4.98 Å². The second-order valence-electron chi connectivity index (χ2n) is 4.92. The summed E-state index contributed by atoms with van der Waals surface area (Å²) in [5.74, 6) is -1.65. The van der Waals surface area contributed by atoms with Gasteiger partial charge in [0.15, 0.2) is 11.6 Å². The van der Waals surface area contributed by atoms with E-state index in [0.717, 1.165) is 10.9 Å². The lowest BCUT2D eigenvalue weighted by atomic mass is 9.85. The van der Waals surface area contributed by atoms with Gasteiger partial charge in [-0.05, 0) is 28.5 Å². The molecule has 0 amide bonds. The van der Waals surface area contributed by atoms with Crippen molar-refractivity contribution in [3.63, 3.8) is 0 Å². The molecule has 0 fully saturated rings. The van der Waals surface area contributed by atoms with Gasteiger partial charge in [-0.1, -0.05) is 20.8 Å². The first-order valence-electron chi connectivity index (χ1n) is 5.13. The van der Waals surface area contributed by atoms with Gasteiger partial charge >= 0.3 is 0 Å². The predicted molar refractivity (Wildman–Crippen MR) is 60.4 cm³/mol. The number of pyridine rings is 1. The third kappa shape index (κ3) is 1.77. The molecule has 16 heavy (non-hydrogen) atoms. The highest BCUT2D eigenvalue weighted by molar-refractivity contribution is 5.85. The van der Waals surface area contributed by atoms with Crippen LogP contribution in [0.5, 0.6) is 0 Å². The van der Waals surface area contributed by atoms with Crippen LogP contribution in [0.1, 0.15) is 26.3 Å². The molecule has 84 valence electrons. The lowest BCUT2D eigenvalue weighted by Gasteiger charge is -2.20. The van der Waals surface area contributed by atoms with Crippen molar-refractivity contribution >= 4 is 10.8 Å². The molecule has 0 saturated heterocycles. The average Bonchev–Trinajstić information content (AvgIpc) is 2.17. The van der Waals surface area contributed by atoms with Crippen LogP contribution in [-0.4, -0.2) is 4.98 Å². The fraction of sp³-hybridized carbons (Fsp3) is 0.308. The van der Waals surface area contributed by atoms with Gasteiger partial charge in [0.2, 0.25) is 0 Å². The van der Waals surface area contributed by atoms with Crippen molar-refractivity contribution in [2.24, 2.45) is 0 Å². The van der Waals surface area contributed by atoms with Gasteiger partial charge in [0.05, 0.1) is 0 Å². The third-order valence-electron chi connectivity index (χ3n) is 2.61. The molecule has 0 aliphatic rings. The van der Waals surface area contributed by atoms with Gasteiger partial charge in [0.25, 0.3) is 0 Å². The Morgan fingerprint density at radius 1 is 1.00 bits per heavy atom. The lowest BCUT2D eigenvalue weighted by Crippen LogP contribution is -2.12. The van der Waals surface area contributed by atoms with Crippen LogP contribution in [0.15, 0.2) is 24.5 Å². The van der Waals surface area contributed by atoms with Crippen LogP contribution in [0.4, 0.5) is 8.78 Å². The van der Waals surface area contributed by atoms with Crippen LogP contribution in [0.2, 0.25) is 0 Å². The Hall–Kier alpha value is -1.51. The second kappa shape index (κ2) is 3.51. The summed E-state index contributed by atoms with van der Waals surface area (Å²) in [6.45, 7) is 6.06. The van der Waals surface area contributed by atoms with Crippen LogP contribution in [-0.2, 0) is 5.41 Å². The largest absolute Gasteiger partial charge is 0.264 e. The van der Waals surface area contributed by atoms with Crippen LogP contribution in [0, 0.1) is 11.6 Å². The molecule has 1 heterocycles. The van der Waals surface area contributed by atoms with E-state index in [1.807, 2.05) is 20.8 Å². The number of halogens is 2. The Morgan fingerprint density at radius 2 is 1.62 bits per heavy atom. The molecular weight excluding hydrogens is 208 g/mol. The summed E-state index contributed by atoms with van der Waals surface area (Å²) >= 11 is 0. The standard InChI is InChI=1S/C13H13F2N/c1-13(2,3)10-7-16-6-8-4-11(14)12(15)5-9(8)10/h4-7H,1-3H3. The summed E-state index contributed by atoms with van der Waals surface area (Å²) in [5.41, 5.74) is 0.778. The summed E-state index contributed by atoms with van der Waals surface area (Å²) < 4.78 is 26.3. The van der Waals surface area contributed by atoms with E-state index in [-0.39, 0.29) is 5.41 Å². The number of fused-ring (bicyclic) bond motifs is 1. The fourth-order valence-corrected chi connectivity index (χ4v) is 1.76. The topological polar surface area (TPSA) is 12.9 Å². The highest BCUT2D eigenvalue weighted by Crippen LogP contribution is 2.30. The summed E-state index contributed by atoms with van der Waals surface area (Å²) in [7, 11) is 0. The first-order chi connectivity index (χ1) is 7.39. The lowest BCUT2D eigenvalue weighted by molar-refractivity contribution is 0.510. The number of hydrogen-bond acceptors (Lipinski definition) is 1. The molecule has 0 bridgehead atoms. The molecule has 0 atom stereocenters. The molecule has 0 radical (unpaired) electrons. The maximum atomic E-state index is 13.2. The van der Waals surface area contributed by atoms with Crippen LogP contribution >= 0.6 is 0 Å². The highest BCUT2D eigenvalue weighted by atomic mass is 19.2. The van der Waals surface area contributed by atoms with Crippen molar-refractivity contribution in [2.45, 2.75) is 26.2 Å². The number of nitrogens with zero attached hydrogens (tertiary/aromatic N) is 1.